The van der Waals surface area contributed by atoms with E-state index >= 15 is 0 Å². The first-order valence-electron chi connectivity index (χ1n) is 9.97. The average molecular weight is 440 g/mol. The van der Waals surface area contributed by atoms with Gasteiger partial charge in [0.25, 0.3) is 0 Å². The number of carbonyl (C=O) groups is 3. The van der Waals surface area contributed by atoms with Crippen LogP contribution in [0.5, 0.6) is 0 Å². The molecule has 0 fully saturated rings. The number of carbonyl (C=O) groups excluding carboxylic acids is 3. The molecule has 160 valence electrons. The summed E-state index contributed by atoms with van der Waals surface area (Å²) in [5.74, 6) is -0.525. The third kappa shape index (κ3) is 4.14. The van der Waals surface area contributed by atoms with Gasteiger partial charge in [-0.2, -0.15) is 0 Å². The number of hydrogen-bond acceptors (Lipinski definition) is 4. The molecule has 0 aliphatic carbocycles. The largest absolute Gasteiger partial charge is 0.456 e. The van der Waals surface area contributed by atoms with Gasteiger partial charge in [0.15, 0.2) is 0 Å². The van der Waals surface area contributed by atoms with Crippen molar-refractivity contribution in [3.63, 3.8) is 0 Å². The normalized spacial score (nSPS) is 18.1. The average Bonchev–Trinajstić information content (AvgIpc) is 3.12. The Bertz CT molecular complexity index is 1080. The second-order valence-electron chi connectivity index (χ2n) is 7.75. The van der Waals surface area contributed by atoms with Gasteiger partial charge in [-0.1, -0.05) is 55.8 Å². The topological polar surface area (TPSA) is 87.7 Å². The molecule has 0 spiro atoms. The molecule has 7 nitrogen and oxygen atoms in total. The Kier molecular flexibility index (Phi) is 5.69. The van der Waals surface area contributed by atoms with E-state index in [0.29, 0.717) is 33.5 Å². The van der Waals surface area contributed by atoms with E-state index in [1.54, 1.807) is 24.3 Å². The molecule has 31 heavy (non-hydrogen) atoms. The molecule has 3 amide bonds. The number of cyclic esters (lactones) is 1. The van der Waals surface area contributed by atoms with Crippen molar-refractivity contribution in [1.82, 2.24) is 10.2 Å². The monoisotopic (exact) mass is 439 g/mol. The minimum atomic E-state index is -0.728. The lowest BCUT2D eigenvalue weighted by molar-refractivity contribution is -0.136. The number of rotatable bonds is 5. The van der Waals surface area contributed by atoms with Crippen molar-refractivity contribution in [2.24, 2.45) is 0 Å². The lowest BCUT2D eigenvalue weighted by Gasteiger charge is -2.32. The van der Waals surface area contributed by atoms with Crippen molar-refractivity contribution >= 4 is 35.2 Å². The highest BCUT2D eigenvalue weighted by atomic mass is 35.5. The molecule has 0 radical (unpaired) electrons. The summed E-state index contributed by atoms with van der Waals surface area (Å²) in [5.41, 5.74) is 3.06. The van der Waals surface area contributed by atoms with Crippen LogP contribution in [-0.4, -0.2) is 36.0 Å². The Labute approximate surface area is 185 Å². The standard InChI is InChI=1S/C23H22ClN3O4/c1-13(2)14-7-9-15(10-8-14)25-19(28)11-27-18-12-31-22(29)20(18)21(26-23(27)30)16-5-3-4-6-17(16)24/h3-10,13,21H,11-12H2,1-2H3,(H,25,28)(H,26,30)/t21-/m0/s1. The van der Waals surface area contributed by atoms with Crippen molar-refractivity contribution in [1.29, 1.82) is 0 Å². The zero-order valence-electron chi connectivity index (χ0n) is 17.1. The van der Waals surface area contributed by atoms with E-state index in [1.165, 1.54) is 4.90 Å². The van der Waals surface area contributed by atoms with Crippen molar-refractivity contribution in [2.75, 3.05) is 18.5 Å². The molecule has 2 aliphatic rings. The predicted octanol–water partition coefficient (Wildman–Crippen LogP) is 3.98. The quantitative estimate of drug-likeness (QED) is 0.690. The summed E-state index contributed by atoms with van der Waals surface area (Å²) in [7, 11) is 0. The zero-order valence-corrected chi connectivity index (χ0v) is 17.9. The van der Waals surface area contributed by atoms with Gasteiger partial charge in [0.05, 0.1) is 17.3 Å². The Hall–Kier alpha value is -3.32. The maximum absolute atomic E-state index is 12.8. The molecule has 4 rings (SSSR count). The van der Waals surface area contributed by atoms with Gasteiger partial charge < -0.3 is 15.4 Å². The maximum Gasteiger partial charge on any atom is 0.338 e. The molecule has 0 saturated heterocycles. The molecular weight excluding hydrogens is 418 g/mol. The van der Waals surface area contributed by atoms with Gasteiger partial charge in [-0.25, -0.2) is 9.59 Å². The number of esters is 1. The van der Waals surface area contributed by atoms with Crippen LogP contribution in [0.1, 0.15) is 36.9 Å². The van der Waals surface area contributed by atoms with E-state index in [1.807, 2.05) is 24.3 Å². The smallest absolute Gasteiger partial charge is 0.338 e. The van der Waals surface area contributed by atoms with E-state index < -0.39 is 18.0 Å². The van der Waals surface area contributed by atoms with Crippen LogP contribution in [0.4, 0.5) is 10.5 Å². The highest BCUT2D eigenvalue weighted by Crippen LogP contribution is 2.37. The number of amides is 3. The molecule has 2 heterocycles. The lowest BCUT2D eigenvalue weighted by atomic mass is 9.95. The minimum Gasteiger partial charge on any atom is -0.456 e. The van der Waals surface area contributed by atoms with Crippen molar-refractivity contribution < 1.29 is 19.1 Å². The predicted molar refractivity (Wildman–Crippen MR) is 117 cm³/mol. The Morgan fingerprint density at radius 3 is 2.58 bits per heavy atom. The van der Waals surface area contributed by atoms with E-state index in [2.05, 4.69) is 24.5 Å². The zero-order chi connectivity index (χ0) is 22.1. The van der Waals surface area contributed by atoms with Gasteiger partial charge in [-0.05, 0) is 35.2 Å². The van der Waals surface area contributed by atoms with Crippen molar-refractivity contribution in [3.8, 4) is 0 Å². The van der Waals surface area contributed by atoms with Crippen LogP contribution < -0.4 is 10.6 Å². The molecule has 2 aromatic rings. The third-order valence-electron chi connectivity index (χ3n) is 5.38. The number of nitrogens with zero attached hydrogens (tertiary/aromatic N) is 1. The SMILES string of the molecule is CC(C)c1ccc(NC(=O)CN2C(=O)N[C@@H](c3ccccc3Cl)C3=C2COC3=O)cc1. The molecule has 0 bridgehead atoms. The van der Waals surface area contributed by atoms with Crippen LogP contribution in [0.15, 0.2) is 59.8 Å². The molecular formula is C23H22ClN3O4. The lowest BCUT2D eigenvalue weighted by Crippen LogP contribution is -2.49. The summed E-state index contributed by atoms with van der Waals surface area (Å²) >= 11 is 6.28. The molecule has 0 aromatic heterocycles. The van der Waals surface area contributed by atoms with Crippen LogP contribution in [0.25, 0.3) is 0 Å². The molecule has 0 unspecified atom stereocenters. The number of anilines is 1. The Balaban J connectivity index is 1.55. The molecule has 2 aromatic carbocycles. The van der Waals surface area contributed by atoms with E-state index in [4.69, 9.17) is 16.3 Å². The minimum absolute atomic E-state index is 0.0705. The number of hydrogen-bond donors (Lipinski definition) is 2. The molecule has 8 heteroatoms. The van der Waals surface area contributed by atoms with Crippen LogP contribution in [0.2, 0.25) is 5.02 Å². The van der Waals surface area contributed by atoms with Gasteiger partial charge in [-0.15, -0.1) is 0 Å². The number of ether oxygens (including phenoxy) is 1. The number of nitrogens with one attached hydrogen (secondary N) is 2. The van der Waals surface area contributed by atoms with Gasteiger partial charge >= 0.3 is 12.0 Å². The first kappa shape index (κ1) is 20.9. The molecule has 2 N–H and O–H groups in total. The second kappa shape index (κ2) is 8.43. The summed E-state index contributed by atoms with van der Waals surface area (Å²) in [6.45, 7) is 3.87. The Morgan fingerprint density at radius 1 is 1.19 bits per heavy atom. The van der Waals surface area contributed by atoms with Crippen LogP contribution >= 0.6 is 11.6 Å². The summed E-state index contributed by atoms with van der Waals surface area (Å²) in [6, 6.07) is 13.3. The first-order valence-corrected chi connectivity index (χ1v) is 10.4. The highest BCUT2D eigenvalue weighted by molar-refractivity contribution is 6.31. The van der Waals surface area contributed by atoms with Crippen molar-refractivity contribution in [2.45, 2.75) is 25.8 Å². The first-order chi connectivity index (χ1) is 14.8. The fourth-order valence-electron chi connectivity index (χ4n) is 3.72. The van der Waals surface area contributed by atoms with Gasteiger partial charge in [-0.3, -0.25) is 9.69 Å². The molecule has 1 atom stereocenters. The van der Waals surface area contributed by atoms with Crippen LogP contribution in [0.3, 0.4) is 0 Å². The van der Waals surface area contributed by atoms with E-state index in [9.17, 15) is 14.4 Å². The molecule has 2 aliphatic heterocycles. The van der Waals surface area contributed by atoms with E-state index in [0.717, 1.165) is 5.56 Å². The number of benzene rings is 2. The fourth-order valence-corrected chi connectivity index (χ4v) is 3.96. The van der Waals surface area contributed by atoms with Gasteiger partial charge in [0.2, 0.25) is 5.91 Å². The van der Waals surface area contributed by atoms with Crippen molar-refractivity contribution in [3.05, 3.63) is 76.0 Å². The summed E-state index contributed by atoms with van der Waals surface area (Å²) in [6.07, 6.45) is 0. The third-order valence-corrected chi connectivity index (χ3v) is 5.72. The number of halogens is 1. The molecule has 0 saturated carbocycles. The fraction of sp³-hybridized carbons (Fsp3) is 0.261. The summed E-state index contributed by atoms with van der Waals surface area (Å²) in [4.78, 5) is 39.1. The van der Waals surface area contributed by atoms with Gasteiger partial charge in [0.1, 0.15) is 13.2 Å². The Morgan fingerprint density at radius 2 is 1.90 bits per heavy atom. The highest BCUT2D eigenvalue weighted by Gasteiger charge is 2.43. The summed E-state index contributed by atoms with van der Waals surface area (Å²) < 4.78 is 5.18. The maximum atomic E-state index is 12.8. The van der Waals surface area contributed by atoms with Crippen LogP contribution in [-0.2, 0) is 14.3 Å². The van der Waals surface area contributed by atoms with E-state index in [-0.39, 0.29) is 19.1 Å². The van der Waals surface area contributed by atoms with Gasteiger partial charge in [0, 0.05) is 10.7 Å². The second-order valence-corrected chi connectivity index (χ2v) is 8.16. The van der Waals surface area contributed by atoms with Crippen LogP contribution in [0, 0.1) is 0 Å². The summed E-state index contributed by atoms with van der Waals surface area (Å²) in [5, 5.41) is 5.99. The number of urea groups is 1.